The van der Waals surface area contributed by atoms with Gasteiger partial charge in [-0.3, -0.25) is 0 Å². The van der Waals surface area contributed by atoms with Gasteiger partial charge in [0, 0.05) is 6.04 Å². The van der Waals surface area contributed by atoms with Gasteiger partial charge in [0.05, 0.1) is 0 Å². The Bertz CT molecular complexity index is 84.6. The van der Waals surface area contributed by atoms with Crippen LogP contribution in [0.1, 0.15) is 19.8 Å². The summed E-state index contributed by atoms with van der Waals surface area (Å²) in [5.74, 6) is 0.759. The predicted octanol–water partition coefficient (Wildman–Crippen LogP) is 1.30. The molecule has 2 unspecified atom stereocenters. The molecule has 0 spiro atoms. The van der Waals surface area contributed by atoms with Gasteiger partial charge >= 0.3 is 0 Å². The van der Waals surface area contributed by atoms with E-state index in [9.17, 15) is 0 Å². The maximum atomic E-state index is 5.61. The Morgan fingerprint density at radius 3 is 2.50 bits per heavy atom. The Labute approximate surface area is 50.6 Å². The van der Waals surface area contributed by atoms with Crippen molar-refractivity contribution in [2.24, 2.45) is 11.7 Å². The Kier molecular flexibility index (Phi) is 1.69. The first-order valence-corrected chi connectivity index (χ1v) is 3.23. The second kappa shape index (κ2) is 2.31. The second-order valence-corrected chi connectivity index (χ2v) is 2.60. The molecule has 0 saturated carbocycles. The summed E-state index contributed by atoms with van der Waals surface area (Å²) < 4.78 is 0. The van der Waals surface area contributed by atoms with E-state index < -0.39 is 0 Å². The van der Waals surface area contributed by atoms with Crippen LogP contribution in [0.3, 0.4) is 0 Å². The van der Waals surface area contributed by atoms with Gasteiger partial charge in [0.2, 0.25) is 0 Å². The summed E-state index contributed by atoms with van der Waals surface area (Å²) in [6, 6.07) is 0.339. The van der Waals surface area contributed by atoms with Crippen molar-refractivity contribution in [1.29, 1.82) is 0 Å². The molecular weight excluding hydrogens is 98.1 g/mol. The molecule has 1 heteroatoms. The Morgan fingerprint density at radius 1 is 1.38 bits per heavy atom. The standard InChI is InChI=1S/C7H13N/c1-6-2-4-7(8)5-3-6/h2,4,6-7H,3,5,8H2,1H3. The summed E-state index contributed by atoms with van der Waals surface area (Å²) in [6.45, 7) is 2.22. The predicted molar refractivity (Wildman–Crippen MR) is 35.5 cm³/mol. The van der Waals surface area contributed by atoms with Crippen molar-refractivity contribution in [2.75, 3.05) is 0 Å². The molecular formula is C7H13N. The van der Waals surface area contributed by atoms with Crippen molar-refractivity contribution in [3.63, 3.8) is 0 Å². The molecule has 1 nitrogen and oxygen atoms in total. The average Bonchev–Trinajstić information content (AvgIpc) is 1.77. The number of nitrogens with two attached hydrogens (primary N) is 1. The van der Waals surface area contributed by atoms with Crippen molar-refractivity contribution in [2.45, 2.75) is 25.8 Å². The molecule has 1 rings (SSSR count). The summed E-state index contributed by atoms with van der Waals surface area (Å²) in [7, 11) is 0. The van der Waals surface area contributed by atoms with Gasteiger partial charge in [-0.05, 0) is 18.8 Å². The highest BCUT2D eigenvalue weighted by Gasteiger charge is 2.06. The van der Waals surface area contributed by atoms with E-state index >= 15 is 0 Å². The molecule has 2 N–H and O–H groups in total. The lowest BCUT2D eigenvalue weighted by Crippen LogP contribution is -2.20. The second-order valence-electron chi connectivity index (χ2n) is 2.60. The maximum Gasteiger partial charge on any atom is 0.0223 e. The van der Waals surface area contributed by atoms with Gasteiger partial charge in [0.1, 0.15) is 0 Å². The third-order valence-corrected chi connectivity index (χ3v) is 1.64. The zero-order valence-electron chi connectivity index (χ0n) is 5.30. The minimum absolute atomic E-state index is 0.339. The van der Waals surface area contributed by atoms with Crippen molar-refractivity contribution in [1.82, 2.24) is 0 Å². The Balaban J connectivity index is 2.42. The SMILES string of the molecule is CC1C=CC(N)CC1. The number of hydrogen-bond acceptors (Lipinski definition) is 1. The third kappa shape index (κ3) is 1.34. The van der Waals surface area contributed by atoms with Crippen molar-refractivity contribution < 1.29 is 0 Å². The lowest BCUT2D eigenvalue weighted by atomic mass is 9.95. The van der Waals surface area contributed by atoms with Crippen molar-refractivity contribution in [3.8, 4) is 0 Å². The maximum absolute atomic E-state index is 5.61. The van der Waals surface area contributed by atoms with Crippen LogP contribution in [0.15, 0.2) is 12.2 Å². The largest absolute Gasteiger partial charge is 0.324 e. The Morgan fingerprint density at radius 2 is 2.12 bits per heavy atom. The fraction of sp³-hybridized carbons (Fsp3) is 0.714. The highest BCUT2D eigenvalue weighted by molar-refractivity contribution is 4.98. The van der Waals surface area contributed by atoms with Crippen LogP contribution in [0.5, 0.6) is 0 Å². The van der Waals surface area contributed by atoms with E-state index in [1.165, 1.54) is 6.42 Å². The van der Waals surface area contributed by atoms with E-state index in [4.69, 9.17) is 5.73 Å². The highest BCUT2D eigenvalue weighted by Crippen LogP contribution is 2.14. The van der Waals surface area contributed by atoms with Crippen LogP contribution in [-0.4, -0.2) is 6.04 Å². The molecule has 2 atom stereocenters. The monoisotopic (exact) mass is 111 g/mol. The quantitative estimate of drug-likeness (QED) is 0.468. The van der Waals surface area contributed by atoms with Gasteiger partial charge in [-0.25, -0.2) is 0 Å². The van der Waals surface area contributed by atoms with E-state index in [0.717, 1.165) is 12.3 Å². The fourth-order valence-corrected chi connectivity index (χ4v) is 0.980. The fourth-order valence-electron chi connectivity index (χ4n) is 0.980. The highest BCUT2D eigenvalue weighted by atomic mass is 14.6. The summed E-state index contributed by atoms with van der Waals surface area (Å²) in [5.41, 5.74) is 5.61. The molecule has 0 aromatic carbocycles. The van der Waals surface area contributed by atoms with Crippen molar-refractivity contribution >= 4 is 0 Å². The molecule has 1 aliphatic rings. The molecule has 0 aromatic heterocycles. The average molecular weight is 111 g/mol. The molecule has 1 aliphatic carbocycles. The molecule has 0 amide bonds. The minimum Gasteiger partial charge on any atom is -0.324 e. The first-order chi connectivity index (χ1) is 3.79. The van der Waals surface area contributed by atoms with Gasteiger partial charge < -0.3 is 5.73 Å². The van der Waals surface area contributed by atoms with Gasteiger partial charge in [-0.2, -0.15) is 0 Å². The zero-order chi connectivity index (χ0) is 5.98. The molecule has 46 valence electrons. The van der Waals surface area contributed by atoms with Crippen LogP contribution in [-0.2, 0) is 0 Å². The number of allylic oxidation sites excluding steroid dienone is 1. The molecule has 0 aliphatic heterocycles. The van der Waals surface area contributed by atoms with Crippen molar-refractivity contribution in [3.05, 3.63) is 12.2 Å². The Hall–Kier alpha value is -0.300. The molecule has 0 radical (unpaired) electrons. The smallest absolute Gasteiger partial charge is 0.0223 e. The summed E-state index contributed by atoms with van der Waals surface area (Å²) >= 11 is 0. The van der Waals surface area contributed by atoms with E-state index in [-0.39, 0.29) is 0 Å². The summed E-state index contributed by atoms with van der Waals surface area (Å²) in [5, 5.41) is 0. The van der Waals surface area contributed by atoms with Crippen LogP contribution >= 0.6 is 0 Å². The van der Waals surface area contributed by atoms with Crippen LogP contribution < -0.4 is 5.73 Å². The van der Waals surface area contributed by atoms with Gasteiger partial charge in [0.25, 0.3) is 0 Å². The lowest BCUT2D eigenvalue weighted by Gasteiger charge is -2.15. The first kappa shape index (κ1) is 5.83. The van der Waals surface area contributed by atoms with E-state index in [1.54, 1.807) is 0 Å². The topological polar surface area (TPSA) is 26.0 Å². The van der Waals surface area contributed by atoms with Crippen LogP contribution in [0.4, 0.5) is 0 Å². The van der Waals surface area contributed by atoms with Gasteiger partial charge in [-0.15, -0.1) is 0 Å². The zero-order valence-corrected chi connectivity index (χ0v) is 5.30. The van der Waals surface area contributed by atoms with Crippen LogP contribution in [0.25, 0.3) is 0 Å². The lowest BCUT2D eigenvalue weighted by molar-refractivity contribution is 0.542. The first-order valence-electron chi connectivity index (χ1n) is 3.23. The number of hydrogen-bond donors (Lipinski definition) is 1. The van der Waals surface area contributed by atoms with Crippen LogP contribution in [0, 0.1) is 5.92 Å². The molecule has 0 saturated heterocycles. The molecule has 0 heterocycles. The normalized spacial score (nSPS) is 37.8. The molecule has 0 aromatic rings. The third-order valence-electron chi connectivity index (χ3n) is 1.64. The van der Waals surface area contributed by atoms with E-state index in [1.807, 2.05) is 0 Å². The molecule has 0 fully saturated rings. The van der Waals surface area contributed by atoms with Gasteiger partial charge in [-0.1, -0.05) is 19.1 Å². The number of rotatable bonds is 0. The summed E-state index contributed by atoms with van der Waals surface area (Å²) in [6.07, 6.45) is 6.73. The minimum atomic E-state index is 0.339. The van der Waals surface area contributed by atoms with Gasteiger partial charge in [0.15, 0.2) is 0 Å². The van der Waals surface area contributed by atoms with E-state index in [2.05, 4.69) is 19.1 Å². The van der Waals surface area contributed by atoms with E-state index in [0.29, 0.717) is 6.04 Å². The summed E-state index contributed by atoms with van der Waals surface area (Å²) in [4.78, 5) is 0. The van der Waals surface area contributed by atoms with Crippen LogP contribution in [0.2, 0.25) is 0 Å². The molecule has 0 bridgehead atoms. The molecule has 8 heavy (non-hydrogen) atoms.